The van der Waals surface area contributed by atoms with Crippen LogP contribution in [0.3, 0.4) is 0 Å². The molecule has 0 aliphatic carbocycles. The van der Waals surface area contributed by atoms with E-state index in [1.165, 1.54) is 16.8 Å². The number of thioether (sulfide) groups is 1. The van der Waals surface area contributed by atoms with Gasteiger partial charge in [0.25, 0.3) is 5.91 Å². The number of amides is 1. The Labute approximate surface area is 184 Å². The van der Waals surface area contributed by atoms with Crippen molar-refractivity contribution in [2.24, 2.45) is 16.0 Å². The zero-order chi connectivity index (χ0) is 21.7. The molecule has 0 spiro atoms. The fraction of sp³-hybridized carbons (Fsp3) is 0.273. The van der Waals surface area contributed by atoms with Crippen molar-refractivity contribution in [2.45, 2.75) is 34.6 Å². The topological polar surface area (TPSA) is 73.8 Å². The van der Waals surface area contributed by atoms with Crippen molar-refractivity contribution >= 4 is 51.4 Å². The molecule has 0 unspecified atom stereocenters. The molecule has 0 bridgehead atoms. The van der Waals surface area contributed by atoms with Gasteiger partial charge in [0.15, 0.2) is 5.84 Å². The molecule has 0 atom stereocenters. The summed E-state index contributed by atoms with van der Waals surface area (Å²) < 4.78 is 2.09. The number of amidine groups is 2. The van der Waals surface area contributed by atoms with E-state index in [2.05, 4.69) is 14.7 Å². The standard InChI is InChI=1S/C22H22ClN5OS/c1-11(2)21-26-28-19(24)17(20(29)25-22(28)30-21)9-15-8-13(4)27(14(15)5)16-7-6-12(3)18(23)10-16/h6-11,24H,1-5H3/b17-9-,24-19?. The van der Waals surface area contributed by atoms with Crippen molar-refractivity contribution in [2.75, 3.05) is 0 Å². The first-order valence-electron chi connectivity index (χ1n) is 9.63. The van der Waals surface area contributed by atoms with Crippen LogP contribution in [0.5, 0.6) is 0 Å². The second kappa shape index (κ2) is 7.56. The second-order valence-corrected chi connectivity index (χ2v) is 9.10. The number of carbonyl (C=O) groups is 1. The molecule has 2 aliphatic rings. The van der Waals surface area contributed by atoms with Gasteiger partial charge < -0.3 is 4.57 Å². The fourth-order valence-electron chi connectivity index (χ4n) is 3.45. The maximum Gasteiger partial charge on any atom is 0.283 e. The van der Waals surface area contributed by atoms with Crippen LogP contribution < -0.4 is 0 Å². The number of nitrogens with zero attached hydrogens (tertiary/aromatic N) is 4. The van der Waals surface area contributed by atoms with E-state index >= 15 is 0 Å². The van der Waals surface area contributed by atoms with Gasteiger partial charge in [0.1, 0.15) is 5.04 Å². The molecule has 4 rings (SSSR count). The highest BCUT2D eigenvalue weighted by atomic mass is 35.5. The van der Waals surface area contributed by atoms with Gasteiger partial charge in [-0.25, -0.2) is 0 Å². The molecule has 1 N–H and O–H groups in total. The number of hydrogen-bond acceptors (Lipinski definition) is 4. The minimum atomic E-state index is -0.415. The number of halogens is 1. The number of fused-ring (bicyclic) bond motifs is 1. The largest absolute Gasteiger partial charge is 0.318 e. The van der Waals surface area contributed by atoms with Gasteiger partial charge in [-0.1, -0.05) is 31.5 Å². The Morgan fingerprint density at radius 3 is 2.60 bits per heavy atom. The lowest BCUT2D eigenvalue weighted by molar-refractivity contribution is -0.114. The molecular formula is C22H22ClN5OS. The van der Waals surface area contributed by atoms with E-state index in [1.807, 2.05) is 58.9 Å². The molecule has 6 nitrogen and oxygen atoms in total. The second-order valence-electron chi connectivity index (χ2n) is 7.71. The number of rotatable bonds is 3. The van der Waals surface area contributed by atoms with E-state index in [-0.39, 0.29) is 17.3 Å². The minimum absolute atomic E-state index is 0.0522. The zero-order valence-electron chi connectivity index (χ0n) is 17.4. The summed E-state index contributed by atoms with van der Waals surface area (Å²) in [5.74, 6) is -0.155. The average Bonchev–Trinajstić information content (AvgIpc) is 3.22. The monoisotopic (exact) mass is 439 g/mol. The Morgan fingerprint density at radius 2 is 1.93 bits per heavy atom. The summed E-state index contributed by atoms with van der Waals surface area (Å²) in [5, 5.41) is 16.5. The molecule has 0 fully saturated rings. The molecule has 0 saturated carbocycles. The van der Waals surface area contributed by atoms with Crippen LogP contribution in [0.1, 0.15) is 36.4 Å². The van der Waals surface area contributed by atoms with Crippen LogP contribution in [0, 0.1) is 32.1 Å². The molecule has 3 heterocycles. The number of aliphatic imine (C=N–C) groups is 1. The maximum absolute atomic E-state index is 12.7. The summed E-state index contributed by atoms with van der Waals surface area (Å²) in [4.78, 5) is 16.8. The Morgan fingerprint density at radius 1 is 1.20 bits per heavy atom. The first-order chi connectivity index (χ1) is 14.2. The van der Waals surface area contributed by atoms with E-state index in [0.29, 0.717) is 10.2 Å². The molecule has 1 aromatic heterocycles. The SMILES string of the molecule is Cc1ccc(-n2c(C)cc(/C=C3/C(=N)N4N=C(C(C)C)SC4=NC3=O)c2C)cc1Cl. The van der Waals surface area contributed by atoms with Gasteiger partial charge in [0.2, 0.25) is 5.17 Å². The van der Waals surface area contributed by atoms with Crippen LogP contribution in [-0.4, -0.2) is 31.5 Å². The van der Waals surface area contributed by atoms with E-state index in [0.717, 1.165) is 33.2 Å². The van der Waals surface area contributed by atoms with Crippen molar-refractivity contribution < 1.29 is 4.79 Å². The number of hydrogen-bond donors (Lipinski definition) is 1. The Balaban J connectivity index is 1.75. The van der Waals surface area contributed by atoms with Crippen LogP contribution in [0.2, 0.25) is 5.02 Å². The van der Waals surface area contributed by atoms with E-state index < -0.39 is 5.91 Å². The summed E-state index contributed by atoms with van der Waals surface area (Å²) in [6.07, 6.45) is 1.73. The molecule has 1 aromatic carbocycles. The summed E-state index contributed by atoms with van der Waals surface area (Å²) in [6, 6.07) is 7.94. The fourth-order valence-corrected chi connectivity index (χ4v) is 4.51. The third kappa shape index (κ3) is 3.42. The Hall–Kier alpha value is -2.64. The zero-order valence-corrected chi connectivity index (χ0v) is 19.0. The maximum atomic E-state index is 12.7. The van der Waals surface area contributed by atoms with Crippen LogP contribution in [0.4, 0.5) is 0 Å². The van der Waals surface area contributed by atoms with Gasteiger partial charge in [-0.2, -0.15) is 15.1 Å². The van der Waals surface area contributed by atoms with Crippen LogP contribution in [0.25, 0.3) is 11.8 Å². The average molecular weight is 440 g/mol. The first kappa shape index (κ1) is 20.6. The Bertz CT molecular complexity index is 1190. The summed E-state index contributed by atoms with van der Waals surface area (Å²) in [5.41, 5.74) is 5.03. The molecule has 154 valence electrons. The summed E-state index contributed by atoms with van der Waals surface area (Å²) in [6.45, 7) is 10.0. The van der Waals surface area contributed by atoms with Crippen molar-refractivity contribution in [1.29, 1.82) is 5.41 Å². The highest BCUT2D eigenvalue weighted by Gasteiger charge is 2.36. The third-order valence-corrected chi connectivity index (χ3v) is 6.76. The molecule has 8 heteroatoms. The number of aryl methyl sites for hydroxylation is 2. The van der Waals surface area contributed by atoms with Gasteiger partial charge in [-0.3, -0.25) is 10.2 Å². The van der Waals surface area contributed by atoms with Gasteiger partial charge in [-0.05, 0) is 67.9 Å². The highest BCUT2D eigenvalue weighted by Crippen LogP contribution is 2.32. The van der Waals surface area contributed by atoms with Gasteiger partial charge in [0, 0.05) is 28.0 Å². The predicted octanol–water partition coefficient (Wildman–Crippen LogP) is 5.33. The highest BCUT2D eigenvalue weighted by molar-refractivity contribution is 8.27. The van der Waals surface area contributed by atoms with E-state index in [1.54, 1.807) is 6.08 Å². The minimum Gasteiger partial charge on any atom is -0.318 e. The van der Waals surface area contributed by atoms with Crippen LogP contribution >= 0.6 is 23.4 Å². The molecule has 30 heavy (non-hydrogen) atoms. The molecule has 2 aliphatic heterocycles. The summed E-state index contributed by atoms with van der Waals surface area (Å²) >= 11 is 7.67. The van der Waals surface area contributed by atoms with E-state index in [4.69, 9.17) is 17.0 Å². The number of benzene rings is 1. The number of aromatic nitrogens is 1. The van der Waals surface area contributed by atoms with Gasteiger partial charge in [-0.15, -0.1) is 0 Å². The lowest BCUT2D eigenvalue weighted by atomic mass is 10.1. The lowest BCUT2D eigenvalue weighted by Gasteiger charge is -2.20. The van der Waals surface area contributed by atoms with Gasteiger partial charge >= 0.3 is 0 Å². The first-order valence-corrected chi connectivity index (χ1v) is 10.8. The van der Waals surface area contributed by atoms with E-state index in [9.17, 15) is 4.79 Å². The summed E-state index contributed by atoms with van der Waals surface area (Å²) in [7, 11) is 0. The van der Waals surface area contributed by atoms with Crippen molar-refractivity contribution in [3.05, 3.63) is 57.4 Å². The molecule has 0 saturated heterocycles. The molecular weight excluding hydrogens is 418 g/mol. The number of nitrogens with one attached hydrogen (secondary N) is 1. The van der Waals surface area contributed by atoms with Crippen LogP contribution in [-0.2, 0) is 4.79 Å². The molecule has 1 amide bonds. The quantitative estimate of drug-likeness (QED) is 0.656. The lowest BCUT2D eigenvalue weighted by Crippen LogP contribution is -2.35. The molecule has 0 radical (unpaired) electrons. The number of carbonyl (C=O) groups excluding carboxylic acids is 1. The van der Waals surface area contributed by atoms with Crippen molar-refractivity contribution in [3.8, 4) is 5.69 Å². The van der Waals surface area contributed by atoms with Crippen molar-refractivity contribution in [1.82, 2.24) is 9.58 Å². The van der Waals surface area contributed by atoms with Crippen LogP contribution in [0.15, 0.2) is 39.9 Å². The Kier molecular flexibility index (Phi) is 5.20. The van der Waals surface area contributed by atoms with Crippen molar-refractivity contribution in [3.63, 3.8) is 0 Å². The molecule has 2 aromatic rings. The predicted molar refractivity (Wildman–Crippen MR) is 125 cm³/mol. The smallest absolute Gasteiger partial charge is 0.283 e. The normalized spacial score (nSPS) is 17.7. The van der Waals surface area contributed by atoms with Gasteiger partial charge in [0.05, 0.1) is 5.57 Å². The third-order valence-electron chi connectivity index (χ3n) is 5.15. The number of hydrazone groups is 1.